The lowest BCUT2D eigenvalue weighted by Gasteiger charge is -2.26. The Kier molecular flexibility index (Phi) is 2.91. The van der Waals surface area contributed by atoms with Crippen molar-refractivity contribution in [3.63, 3.8) is 0 Å². The molecule has 1 unspecified atom stereocenters. The normalized spacial score (nSPS) is 28.2. The molecule has 0 bridgehead atoms. The Balaban J connectivity index is 1.77. The van der Waals surface area contributed by atoms with Gasteiger partial charge in [-0.05, 0) is 36.0 Å². The summed E-state index contributed by atoms with van der Waals surface area (Å²) >= 11 is 0. The van der Waals surface area contributed by atoms with Crippen LogP contribution in [0.1, 0.15) is 12.8 Å². The van der Waals surface area contributed by atoms with E-state index in [1.807, 2.05) is 6.08 Å². The summed E-state index contributed by atoms with van der Waals surface area (Å²) in [6, 6.07) is 0. The number of alkyl halides is 3. The van der Waals surface area contributed by atoms with E-state index in [1.165, 1.54) is 6.08 Å². The third-order valence-electron chi connectivity index (χ3n) is 4.49. The molecule has 0 aromatic rings. The van der Waals surface area contributed by atoms with Gasteiger partial charge < -0.3 is 15.0 Å². The number of rotatable bonds is 2. The first-order valence-corrected chi connectivity index (χ1v) is 7.38. The highest BCUT2D eigenvalue weighted by atomic mass is 19.4. The Morgan fingerprint density at radius 3 is 2.73 bits per heavy atom. The lowest BCUT2D eigenvalue weighted by Crippen LogP contribution is -2.43. The first kappa shape index (κ1) is 13.9. The third kappa shape index (κ3) is 2.24. The maximum Gasteiger partial charge on any atom is 0.572 e. The molecule has 22 heavy (non-hydrogen) atoms. The van der Waals surface area contributed by atoms with E-state index in [2.05, 4.69) is 10.1 Å². The van der Waals surface area contributed by atoms with E-state index in [-0.39, 0.29) is 11.7 Å². The van der Waals surface area contributed by atoms with Crippen molar-refractivity contribution in [3.8, 4) is 0 Å². The van der Waals surface area contributed by atoms with E-state index < -0.39 is 12.3 Å². The van der Waals surface area contributed by atoms with Gasteiger partial charge in [0.1, 0.15) is 11.7 Å². The highest BCUT2D eigenvalue weighted by molar-refractivity contribution is 5.91. The van der Waals surface area contributed by atoms with Crippen molar-refractivity contribution in [1.29, 1.82) is 0 Å². The molecule has 7 heteroatoms. The molecule has 1 N–H and O–H groups in total. The fourth-order valence-corrected chi connectivity index (χ4v) is 3.37. The van der Waals surface area contributed by atoms with Gasteiger partial charge in [0.2, 0.25) is 5.91 Å². The van der Waals surface area contributed by atoms with Gasteiger partial charge >= 0.3 is 6.36 Å². The standard InChI is InChI=1S/C15H15F3N2O2/c16-15(17,18)22-12-6-9(8-1-2-8)5-10-11-7-19-3-4-20(11)14(21)13(10)12/h5-6,8,13,19H,1-4,7H2. The van der Waals surface area contributed by atoms with Gasteiger partial charge in [-0.3, -0.25) is 4.79 Å². The summed E-state index contributed by atoms with van der Waals surface area (Å²) in [4.78, 5) is 14.1. The Bertz CT molecular complexity index is 629. The van der Waals surface area contributed by atoms with Crippen molar-refractivity contribution in [2.75, 3.05) is 19.6 Å². The number of hydrogen-bond acceptors (Lipinski definition) is 3. The van der Waals surface area contributed by atoms with Gasteiger partial charge in [0, 0.05) is 25.3 Å². The molecule has 2 heterocycles. The van der Waals surface area contributed by atoms with Crippen molar-refractivity contribution >= 4 is 5.91 Å². The third-order valence-corrected chi connectivity index (χ3v) is 4.49. The number of halogens is 3. The molecule has 2 aliphatic carbocycles. The van der Waals surface area contributed by atoms with Gasteiger partial charge in [-0.1, -0.05) is 6.08 Å². The Hall–Kier alpha value is -1.76. The quantitative estimate of drug-likeness (QED) is 0.849. The van der Waals surface area contributed by atoms with Crippen LogP contribution in [0.5, 0.6) is 0 Å². The Morgan fingerprint density at radius 1 is 1.27 bits per heavy atom. The number of fused-ring (bicyclic) bond motifs is 2. The molecule has 4 aliphatic rings. The molecule has 0 aromatic carbocycles. The lowest BCUT2D eigenvalue weighted by molar-refractivity contribution is -0.307. The average molecular weight is 312 g/mol. The van der Waals surface area contributed by atoms with Crippen molar-refractivity contribution in [2.24, 2.45) is 11.8 Å². The summed E-state index contributed by atoms with van der Waals surface area (Å²) in [6.07, 6.45) is 0.486. The van der Waals surface area contributed by atoms with E-state index in [4.69, 9.17) is 0 Å². The van der Waals surface area contributed by atoms with Crippen LogP contribution < -0.4 is 5.32 Å². The van der Waals surface area contributed by atoms with Crippen molar-refractivity contribution < 1.29 is 22.7 Å². The minimum absolute atomic E-state index is 0.279. The van der Waals surface area contributed by atoms with Gasteiger partial charge in [-0.2, -0.15) is 0 Å². The first-order valence-electron chi connectivity index (χ1n) is 7.38. The number of ether oxygens (including phenoxy) is 1. The van der Waals surface area contributed by atoms with Gasteiger partial charge in [0.15, 0.2) is 0 Å². The predicted molar refractivity (Wildman–Crippen MR) is 71.1 cm³/mol. The molecule has 118 valence electrons. The smallest absolute Gasteiger partial charge is 0.409 e. The summed E-state index contributed by atoms with van der Waals surface area (Å²) in [5, 5.41) is 3.17. The van der Waals surface area contributed by atoms with Crippen LogP contribution in [0.2, 0.25) is 0 Å². The molecule has 0 spiro atoms. The minimum atomic E-state index is -4.78. The highest BCUT2D eigenvalue weighted by Gasteiger charge is 2.47. The monoisotopic (exact) mass is 312 g/mol. The topological polar surface area (TPSA) is 41.6 Å². The number of nitrogens with one attached hydrogen (secondary N) is 1. The van der Waals surface area contributed by atoms with Gasteiger partial charge in [-0.15, -0.1) is 13.2 Å². The molecule has 1 saturated carbocycles. The van der Waals surface area contributed by atoms with Crippen LogP contribution in [-0.2, 0) is 9.53 Å². The molecule has 1 amide bonds. The molecule has 0 aromatic heterocycles. The molecule has 4 nitrogen and oxygen atoms in total. The Labute approximate surface area is 125 Å². The van der Waals surface area contributed by atoms with Crippen LogP contribution in [0.4, 0.5) is 13.2 Å². The number of hydrogen-bond donors (Lipinski definition) is 1. The van der Waals surface area contributed by atoms with Crippen LogP contribution in [0, 0.1) is 11.8 Å². The largest absolute Gasteiger partial charge is 0.572 e. The number of carbonyl (C=O) groups is 1. The van der Waals surface area contributed by atoms with Gasteiger partial charge in [0.05, 0.1) is 0 Å². The second kappa shape index (κ2) is 4.62. The van der Waals surface area contributed by atoms with Crippen LogP contribution in [-0.4, -0.2) is 36.8 Å². The fourth-order valence-electron chi connectivity index (χ4n) is 3.37. The summed E-state index contributed by atoms with van der Waals surface area (Å²) in [5.74, 6) is -1.24. The molecular weight excluding hydrogens is 297 g/mol. The van der Waals surface area contributed by atoms with E-state index in [0.29, 0.717) is 31.1 Å². The maximum atomic E-state index is 12.7. The zero-order valence-electron chi connectivity index (χ0n) is 11.7. The SMILES string of the molecule is O=C1C2C(OC(F)(F)F)=CC(C3CC3)=CC2=C2CNCCN12. The van der Waals surface area contributed by atoms with Crippen LogP contribution in [0.15, 0.2) is 34.8 Å². The second-order valence-corrected chi connectivity index (χ2v) is 6.01. The molecule has 2 aliphatic heterocycles. The summed E-state index contributed by atoms with van der Waals surface area (Å²) in [7, 11) is 0. The fraction of sp³-hybridized carbons (Fsp3) is 0.533. The summed E-state index contributed by atoms with van der Waals surface area (Å²) in [5.41, 5.74) is 2.30. The lowest BCUT2D eigenvalue weighted by atomic mass is 9.88. The van der Waals surface area contributed by atoms with Gasteiger partial charge in [-0.25, -0.2) is 0 Å². The zero-order valence-corrected chi connectivity index (χ0v) is 11.7. The van der Waals surface area contributed by atoms with Crippen LogP contribution in [0.3, 0.4) is 0 Å². The van der Waals surface area contributed by atoms with Crippen LogP contribution >= 0.6 is 0 Å². The molecule has 0 radical (unpaired) electrons. The van der Waals surface area contributed by atoms with E-state index >= 15 is 0 Å². The number of allylic oxidation sites excluding steroid dienone is 3. The van der Waals surface area contributed by atoms with Crippen molar-refractivity contribution in [1.82, 2.24) is 10.2 Å². The number of nitrogens with zero attached hydrogens (tertiary/aromatic N) is 1. The molecule has 1 atom stereocenters. The van der Waals surface area contributed by atoms with Crippen LogP contribution in [0.25, 0.3) is 0 Å². The predicted octanol–water partition coefficient (Wildman–Crippen LogP) is 2.07. The average Bonchev–Trinajstić information content (AvgIpc) is 3.25. The molecular formula is C15H15F3N2O2. The summed E-state index contributed by atoms with van der Waals surface area (Å²) < 4.78 is 42.3. The van der Waals surface area contributed by atoms with E-state index in [9.17, 15) is 18.0 Å². The van der Waals surface area contributed by atoms with Gasteiger partial charge in [0.25, 0.3) is 0 Å². The van der Waals surface area contributed by atoms with Crippen molar-refractivity contribution in [3.05, 3.63) is 34.8 Å². The number of carbonyl (C=O) groups excluding carboxylic acids is 1. The molecule has 1 saturated heterocycles. The molecule has 2 fully saturated rings. The second-order valence-electron chi connectivity index (χ2n) is 6.01. The maximum absolute atomic E-state index is 12.7. The Morgan fingerprint density at radius 2 is 2.05 bits per heavy atom. The number of piperazine rings is 1. The zero-order chi connectivity index (χ0) is 15.5. The molecule has 4 rings (SSSR count). The number of amides is 1. The first-order chi connectivity index (χ1) is 10.4. The van der Waals surface area contributed by atoms with Crippen molar-refractivity contribution in [2.45, 2.75) is 19.2 Å². The van der Waals surface area contributed by atoms with E-state index in [1.54, 1.807) is 4.90 Å². The minimum Gasteiger partial charge on any atom is -0.409 e. The summed E-state index contributed by atoms with van der Waals surface area (Å²) in [6.45, 7) is 1.64. The highest BCUT2D eigenvalue weighted by Crippen LogP contribution is 2.47. The van der Waals surface area contributed by atoms with E-state index in [0.717, 1.165) is 24.1 Å².